The molecular formula is C6H9F3. The molecule has 0 unspecified atom stereocenters. The fraction of sp³-hybridized carbons (Fsp3) is 1.00. The minimum absolute atomic E-state index is 0.247. The van der Waals surface area contributed by atoms with Gasteiger partial charge < -0.3 is 0 Å². The highest BCUT2D eigenvalue weighted by Crippen LogP contribution is 2.59. The fourth-order valence-electron chi connectivity index (χ4n) is 0.988. The lowest BCUT2D eigenvalue weighted by molar-refractivity contribution is -0.187. The fourth-order valence-corrected chi connectivity index (χ4v) is 0.988. The normalized spacial score (nSPS) is 24.0. The zero-order valence-corrected chi connectivity index (χ0v) is 5.26. The molecule has 0 aliphatic heterocycles. The first-order chi connectivity index (χ1) is 4.02. The predicted molar refractivity (Wildman–Crippen MR) is 28.0 cm³/mol. The molecule has 0 saturated heterocycles. The lowest BCUT2D eigenvalue weighted by Gasteiger charge is -2.15. The lowest BCUT2D eigenvalue weighted by Crippen LogP contribution is -2.23. The second-order valence-electron chi connectivity index (χ2n) is 2.63. The van der Waals surface area contributed by atoms with Crippen molar-refractivity contribution < 1.29 is 13.2 Å². The Hall–Kier alpha value is -0.210. The van der Waals surface area contributed by atoms with Gasteiger partial charge in [0.2, 0.25) is 0 Å². The second kappa shape index (κ2) is 1.64. The van der Waals surface area contributed by atoms with Crippen LogP contribution in [-0.2, 0) is 0 Å². The van der Waals surface area contributed by atoms with Gasteiger partial charge in [-0.15, -0.1) is 0 Å². The molecule has 1 fully saturated rings. The molecule has 9 heavy (non-hydrogen) atoms. The summed E-state index contributed by atoms with van der Waals surface area (Å²) in [4.78, 5) is 0. The van der Waals surface area contributed by atoms with E-state index in [0.717, 1.165) is 0 Å². The van der Waals surface area contributed by atoms with Crippen molar-refractivity contribution >= 4 is 0 Å². The highest BCUT2D eigenvalue weighted by molar-refractivity contribution is 4.97. The molecule has 0 nitrogen and oxygen atoms in total. The van der Waals surface area contributed by atoms with E-state index in [1.807, 2.05) is 0 Å². The van der Waals surface area contributed by atoms with Crippen LogP contribution in [0.1, 0.15) is 26.2 Å². The summed E-state index contributed by atoms with van der Waals surface area (Å²) in [6.45, 7) is 1.60. The Morgan fingerprint density at radius 3 is 1.78 bits per heavy atom. The van der Waals surface area contributed by atoms with E-state index >= 15 is 0 Å². The van der Waals surface area contributed by atoms with Crippen molar-refractivity contribution in [2.24, 2.45) is 5.41 Å². The molecule has 0 spiro atoms. The van der Waals surface area contributed by atoms with E-state index in [1.54, 1.807) is 6.92 Å². The minimum Gasteiger partial charge on any atom is -0.171 e. The van der Waals surface area contributed by atoms with Gasteiger partial charge in [-0.1, -0.05) is 6.92 Å². The Labute approximate surface area is 52.1 Å². The van der Waals surface area contributed by atoms with Crippen LogP contribution in [0.2, 0.25) is 0 Å². The molecule has 0 radical (unpaired) electrons. The van der Waals surface area contributed by atoms with Gasteiger partial charge in [-0.3, -0.25) is 0 Å². The number of hydrogen-bond acceptors (Lipinski definition) is 0. The molecule has 1 aliphatic rings. The van der Waals surface area contributed by atoms with E-state index in [1.165, 1.54) is 0 Å². The van der Waals surface area contributed by atoms with Crippen molar-refractivity contribution in [1.29, 1.82) is 0 Å². The first-order valence-electron chi connectivity index (χ1n) is 3.08. The van der Waals surface area contributed by atoms with Crippen LogP contribution in [-0.4, -0.2) is 6.18 Å². The Kier molecular flexibility index (Phi) is 1.26. The Bertz CT molecular complexity index is 110. The van der Waals surface area contributed by atoms with Gasteiger partial charge in [0.05, 0.1) is 5.41 Å². The number of halogens is 3. The molecule has 0 atom stereocenters. The molecule has 0 N–H and O–H groups in total. The van der Waals surface area contributed by atoms with E-state index in [0.29, 0.717) is 12.8 Å². The second-order valence-corrected chi connectivity index (χ2v) is 2.63. The number of hydrogen-bond donors (Lipinski definition) is 0. The summed E-state index contributed by atoms with van der Waals surface area (Å²) in [5.74, 6) is 0. The molecule has 0 amide bonds. The summed E-state index contributed by atoms with van der Waals surface area (Å²) in [5, 5.41) is 0. The summed E-state index contributed by atoms with van der Waals surface area (Å²) in [6.07, 6.45) is -3.02. The number of alkyl halides is 3. The summed E-state index contributed by atoms with van der Waals surface area (Å²) in [6, 6.07) is 0. The maximum atomic E-state index is 11.9. The van der Waals surface area contributed by atoms with Gasteiger partial charge >= 0.3 is 6.18 Å². The van der Waals surface area contributed by atoms with Crippen LogP contribution in [0.3, 0.4) is 0 Å². The first kappa shape index (κ1) is 6.90. The third-order valence-corrected chi connectivity index (χ3v) is 2.13. The van der Waals surface area contributed by atoms with Crippen molar-refractivity contribution in [2.75, 3.05) is 0 Å². The van der Waals surface area contributed by atoms with Crippen molar-refractivity contribution in [3.8, 4) is 0 Å². The summed E-state index contributed by atoms with van der Waals surface area (Å²) in [7, 11) is 0. The van der Waals surface area contributed by atoms with Gasteiger partial charge in [0, 0.05) is 0 Å². The van der Waals surface area contributed by atoms with Gasteiger partial charge in [0.15, 0.2) is 0 Å². The standard InChI is InChI=1S/C6H9F3/c1-2-5(3-4-5)6(7,8)9/h2-4H2,1H3. The Balaban J connectivity index is 2.60. The molecule has 3 heteroatoms. The van der Waals surface area contributed by atoms with Crippen LogP contribution < -0.4 is 0 Å². The quantitative estimate of drug-likeness (QED) is 0.522. The van der Waals surface area contributed by atoms with E-state index in [2.05, 4.69) is 0 Å². The van der Waals surface area contributed by atoms with E-state index in [4.69, 9.17) is 0 Å². The number of rotatable bonds is 1. The third kappa shape index (κ3) is 0.926. The third-order valence-electron chi connectivity index (χ3n) is 2.13. The van der Waals surface area contributed by atoms with Crippen LogP contribution in [0.4, 0.5) is 13.2 Å². The molecule has 0 aromatic carbocycles. The van der Waals surface area contributed by atoms with Crippen LogP contribution in [0.5, 0.6) is 0 Å². The van der Waals surface area contributed by atoms with Gasteiger partial charge in [-0.25, -0.2) is 0 Å². The predicted octanol–water partition coefficient (Wildman–Crippen LogP) is 2.74. The minimum atomic E-state index is -3.94. The first-order valence-corrected chi connectivity index (χ1v) is 3.08. The molecule has 1 saturated carbocycles. The smallest absolute Gasteiger partial charge is 0.171 e. The summed E-state index contributed by atoms with van der Waals surface area (Å²) >= 11 is 0. The van der Waals surface area contributed by atoms with Crippen LogP contribution in [0.25, 0.3) is 0 Å². The molecule has 1 aliphatic carbocycles. The molecular weight excluding hydrogens is 129 g/mol. The highest BCUT2D eigenvalue weighted by atomic mass is 19.4. The molecule has 0 bridgehead atoms. The van der Waals surface area contributed by atoms with Crippen molar-refractivity contribution in [3.63, 3.8) is 0 Å². The van der Waals surface area contributed by atoms with Gasteiger partial charge in [0.25, 0.3) is 0 Å². The SMILES string of the molecule is CCC1(C(F)(F)F)CC1. The molecule has 1 rings (SSSR count). The maximum Gasteiger partial charge on any atom is 0.394 e. The van der Waals surface area contributed by atoms with Crippen LogP contribution in [0, 0.1) is 5.41 Å². The molecule has 0 aromatic rings. The van der Waals surface area contributed by atoms with Crippen molar-refractivity contribution in [3.05, 3.63) is 0 Å². The lowest BCUT2D eigenvalue weighted by atomic mass is 10.0. The van der Waals surface area contributed by atoms with E-state index < -0.39 is 11.6 Å². The molecule has 54 valence electrons. The monoisotopic (exact) mass is 138 g/mol. The largest absolute Gasteiger partial charge is 0.394 e. The molecule has 0 aromatic heterocycles. The Morgan fingerprint density at radius 2 is 1.78 bits per heavy atom. The van der Waals surface area contributed by atoms with Gasteiger partial charge in [0.1, 0.15) is 0 Å². The van der Waals surface area contributed by atoms with Gasteiger partial charge in [-0.2, -0.15) is 13.2 Å². The zero-order valence-electron chi connectivity index (χ0n) is 5.26. The average molecular weight is 138 g/mol. The molecule has 0 heterocycles. The summed E-state index contributed by atoms with van der Waals surface area (Å²) < 4.78 is 35.7. The highest BCUT2D eigenvalue weighted by Gasteiger charge is 2.61. The Morgan fingerprint density at radius 1 is 1.33 bits per heavy atom. The van der Waals surface area contributed by atoms with Crippen LogP contribution >= 0.6 is 0 Å². The van der Waals surface area contributed by atoms with Gasteiger partial charge in [-0.05, 0) is 19.3 Å². The summed E-state index contributed by atoms with van der Waals surface area (Å²) in [5.41, 5.74) is -1.27. The van der Waals surface area contributed by atoms with Crippen molar-refractivity contribution in [1.82, 2.24) is 0 Å². The average Bonchev–Trinajstić information content (AvgIpc) is 2.40. The van der Waals surface area contributed by atoms with E-state index in [-0.39, 0.29) is 6.42 Å². The zero-order chi connectivity index (χ0) is 7.12. The van der Waals surface area contributed by atoms with E-state index in [9.17, 15) is 13.2 Å². The topological polar surface area (TPSA) is 0 Å². The maximum absolute atomic E-state index is 11.9. The van der Waals surface area contributed by atoms with Crippen molar-refractivity contribution in [2.45, 2.75) is 32.4 Å². The van der Waals surface area contributed by atoms with Crippen LogP contribution in [0.15, 0.2) is 0 Å².